The van der Waals surface area contributed by atoms with Gasteiger partial charge in [0.15, 0.2) is 5.82 Å². The van der Waals surface area contributed by atoms with Gasteiger partial charge in [-0.05, 0) is 43.2 Å². The number of benzene rings is 1. The highest BCUT2D eigenvalue weighted by molar-refractivity contribution is 5.86. The maximum Gasteiger partial charge on any atom is 0.310 e. The van der Waals surface area contributed by atoms with Crippen LogP contribution in [-0.2, 0) is 24.8 Å². The summed E-state index contributed by atoms with van der Waals surface area (Å²) in [5.41, 5.74) is 7.79. The van der Waals surface area contributed by atoms with Crippen LogP contribution in [0.1, 0.15) is 25.6 Å². The minimum atomic E-state index is -1.79. The molecule has 1 atom stereocenters. The number of aromatic amines is 1. The molecule has 10 nitrogen and oxygen atoms in total. The third-order valence-electron chi connectivity index (χ3n) is 6.02. The molecule has 11 heteroatoms. The lowest BCUT2D eigenvalue weighted by molar-refractivity contribution is -0.277. The van der Waals surface area contributed by atoms with Crippen LogP contribution >= 0.6 is 0 Å². The number of nitrogens with one attached hydrogen (secondary N) is 2. The van der Waals surface area contributed by atoms with Gasteiger partial charge in [0.05, 0.1) is 36.4 Å². The normalized spacial score (nSPS) is 24.4. The van der Waals surface area contributed by atoms with Gasteiger partial charge in [0.25, 0.3) is 5.91 Å². The Balaban J connectivity index is 1.57. The van der Waals surface area contributed by atoms with Gasteiger partial charge in [-0.1, -0.05) is 6.92 Å². The van der Waals surface area contributed by atoms with Crippen molar-refractivity contribution < 1.29 is 23.4 Å². The van der Waals surface area contributed by atoms with Crippen LogP contribution in [0.25, 0.3) is 22.6 Å². The zero-order valence-electron chi connectivity index (χ0n) is 19.3. The van der Waals surface area contributed by atoms with E-state index in [-0.39, 0.29) is 29.6 Å². The standard InChI is InChI=1S/C24H27FN6O4/c1-14-12-34-24(35-13-14,22(32)28-11-17-3-2-10-33-17)21-30-19(15-4-6-16(25)7-5-15)20(31-21)18-8-9-27-23(26)29-18/h4-9,14,17H,2-3,10-13H2,1H3,(H,28,32)(H,30,31)(H2,26,27,29). The average molecular weight is 483 g/mol. The molecule has 0 aliphatic carbocycles. The minimum Gasteiger partial charge on any atom is -0.376 e. The SMILES string of the molecule is CC1COC(C(=O)NCC2CCCO2)(c2nc(-c3ccc(F)cc3)c(-c3ccnc(N)n3)[nH]2)OC1. The second-order valence-electron chi connectivity index (χ2n) is 8.80. The molecular formula is C24H27FN6O4. The molecule has 2 fully saturated rings. The molecule has 2 aliphatic heterocycles. The van der Waals surface area contributed by atoms with E-state index in [1.165, 1.54) is 18.3 Å². The first-order chi connectivity index (χ1) is 16.9. The van der Waals surface area contributed by atoms with Crippen molar-refractivity contribution in [2.24, 2.45) is 5.92 Å². The number of amides is 1. The highest BCUT2D eigenvalue weighted by Crippen LogP contribution is 2.37. The van der Waals surface area contributed by atoms with E-state index < -0.39 is 11.7 Å². The lowest BCUT2D eigenvalue weighted by atomic mass is 10.1. The Morgan fingerprint density at radius 2 is 2.00 bits per heavy atom. The van der Waals surface area contributed by atoms with E-state index in [1.54, 1.807) is 18.2 Å². The number of H-pyrrole nitrogens is 1. The molecular weight excluding hydrogens is 455 g/mol. The smallest absolute Gasteiger partial charge is 0.310 e. The maximum atomic E-state index is 13.6. The lowest BCUT2D eigenvalue weighted by Gasteiger charge is -2.36. The number of hydrogen-bond acceptors (Lipinski definition) is 8. The quantitative estimate of drug-likeness (QED) is 0.487. The van der Waals surface area contributed by atoms with Crippen LogP contribution < -0.4 is 11.1 Å². The summed E-state index contributed by atoms with van der Waals surface area (Å²) < 4.78 is 31.3. The van der Waals surface area contributed by atoms with E-state index >= 15 is 0 Å². The Kier molecular flexibility index (Phi) is 6.46. The van der Waals surface area contributed by atoms with Crippen molar-refractivity contribution in [3.05, 3.63) is 48.2 Å². The molecule has 0 bridgehead atoms. The van der Waals surface area contributed by atoms with Crippen molar-refractivity contribution in [1.82, 2.24) is 25.3 Å². The minimum absolute atomic E-state index is 0.0514. The molecule has 2 aliphatic rings. The van der Waals surface area contributed by atoms with Gasteiger partial charge in [0, 0.05) is 30.8 Å². The second kappa shape index (κ2) is 9.68. The van der Waals surface area contributed by atoms with E-state index in [4.69, 9.17) is 24.9 Å². The predicted molar refractivity (Wildman–Crippen MR) is 124 cm³/mol. The highest BCUT2D eigenvalue weighted by Gasteiger charge is 2.49. The lowest BCUT2D eigenvalue weighted by Crippen LogP contribution is -2.54. The zero-order chi connectivity index (χ0) is 24.4. The molecule has 0 radical (unpaired) electrons. The third kappa shape index (κ3) is 4.75. The van der Waals surface area contributed by atoms with Crippen LogP contribution in [-0.4, -0.2) is 58.3 Å². The van der Waals surface area contributed by atoms with Crippen molar-refractivity contribution in [1.29, 1.82) is 0 Å². The summed E-state index contributed by atoms with van der Waals surface area (Å²) >= 11 is 0. The maximum absolute atomic E-state index is 13.6. The topological polar surface area (TPSA) is 137 Å². The van der Waals surface area contributed by atoms with Gasteiger partial charge in [-0.15, -0.1) is 0 Å². The Morgan fingerprint density at radius 1 is 1.23 bits per heavy atom. The fraction of sp³-hybridized carbons (Fsp3) is 0.417. The summed E-state index contributed by atoms with van der Waals surface area (Å²) in [7, 11) is 0. The summed E-state index contributed by atoms with van der Waals surface area (Å²) in [5.74, 6) is -2.32. The van der Waals surface area contributed by atoms with Crippen LogP contribution in [0.15, 0.2) is 36.5 Å². The molecule has 184 valence electrons. The monoisotopic (exact) mass is 482 g/mol. The molecule has 35 heavy (non-hydrogen) atoms. The van der Waals surface area contributed by atoms with Crippen molar-refractivity contribution in [2.75, 3.05) is 32.1 Å². The number of aromatic nitrogens is 4. The summed E-state index contributed by atoms with van der Waals surface area (Å²) in [6, 6.07) is 7.52. The fourth-order valence-electron chi connectivity index (χ4n) is 4.16. The number of anilines is 1. The molecule has 4 heterocycles. The van der Waals surface area contributed by atoms with Crippen LogP contribution in [0.5, 0.6) is 0 Å². The molecule has 0 saturated carbocycles. The summed E-state index contributed by atoms with van der Waals surface area (Å²) in [5, 5.41) is 2.90. The number of rotatable bonds is 6. The second-order valence-corrected chi connectivity index (χ2v) is 8.80. The molecule has 1 amide bonds. The molecule has 4 N–H and O–H groups in total. The van der Waals surface area contributed by atoms with E-state index in [9.17, 15) is 9.18 Å². The number of carbonyl (C=O) groups is 1. The van der Waals surface area contributed by atoms with Crippen LogP contribution in [0.4, 0.5) is 10.3 Å². The predicted octanol–water partition coefficient (Wildman–Crippen LogP) is 2.39. The van der Waals surface area contributed by atoms with Crippen molar-refractivity contribution in [3.8, 4) is 22.6 Å². The summed E-state index contributed by atoms with van der Waals surface area (Å²) in [4.78, 5) is 29.6. The number of nitrogens with two attached hydrogens (primary N) is 1. The first kappa shape index (κ1) is 23.3. The number of imidazole rings is 1. The molecule has 0 spiro atoms. The molecule has 1 unspecified atom stereocenters. The van der Waals surface area contributed by atoms with Gasteiger partial charge in [-0.2, -0.15) is 0 Å². The van der Waals surface area contributed by atoms with E-state index in [0.717, 1.165) is 12.8 Å². The van der Waals surface area contributed by atoms with Gasteiger partial charge in [-0.3, -0.25) is 4.79 Å². The van der Waals surface area contributed by atoms with Gasteiger partial charge in [0.1, 0.15) is 5.82 Å². The van der Waals surface area contributed by atoms with Crippen molar-refractivity contribution in [2.45, 2.75) is 31.7 Å². The molecule has 3 aromatic rings. The zero-order valence-corrected chi connectivity index (χ0v) is 19.3. The number of nitrogens with zero attached hydrogens (tertiary/aromatic N) is 3. The van der Waals surface area contributed by atoms with Gasteiger partial charge < -0.3 is 30.2 Å². The number of carbonyl (C=O) groups excluding carboxylic acids is 1. The van der Waals surface area contributed by atoms with E-state index in [0.29, 0.717) is 49.0 Å². The Hall–Kier alpha value is -3.41. The summed E-state index contributed by atoms with van der Waals surface area (Å²) in [6.45, 7) is 3.59. The number of ether oxygens (including phenoxy) is 3. The van der Waals surface area contributed by atoms with E-state index in [2.05, 4.69) is 20.3 Å². The highest BCUT2D eigenvalue weighted by atomic mass is 19.1. The number of halogens is 1. The van der Waals surface area contributed by atoms with Crippen LogP contribution in [0.3, 0.4) is 0 Å². The van der Waals surface area contributed by atoms with E-state index in [1.807, 2.05) is 6.92 Å². The van der Waals surface area contributed by atoms with Gasteiger partial charge in [-0.25, -0.2) is 19.3 Å². The van der Waals surface area contributed by atoms with Gasteiger partial charge in [0.2, 0.25) is 5.95 Å². The largest absolute Gasteiger partial charge is 0.376 e. The van der Waals surface area contributed by atoms with Crippen molar-refractivity contribution in [3.63, 3.8) is 0 Å². The molecule has 5 rings (SSSR count). The third-order valence-corrected chi connectivity index (χ3v) is 6.02. The Labute approximate surface area is 201 Å². The Morgan fingerprint density at radius 3 is 2.69 bits per heavy atom. The summed E-state index contributed by atoms with van der Waals surface area (Å²) in [6.07, 6.45) is 3.30. The average Bonchev–Trinajstić information content (AvgIpc) is 3.54. The molecule has 2 saturated heterocycles. The molecule has 1 aromatic carbocycles. The van der Waals surface area contributed by atoms with Gasteiger partial charge >= 0.3 is 5.79 Å². The van der Waals surface area contributed by atoms with Crippen LogP contribution in [0.2, 0.25) is 0 Å². The first-order valence-electron chi connectivity index (χ1n) is 11.6. The number of nitrogen functional groups attached to an aromatic ring is 1. The first-order valence-corrected chi connectivity index (χ1v) is 11.6. The number of hydrogen-bond donors (Lipinski definition) is 3. The fourth-order valence-corrected chi connectivity index (χ4v) is 4.16. The van der Waals surface area contributed by atoms with Crippen molar-refractivity contribution >= 4 is 11.9 Å². The Bertz CT molecular complexity index is 1190. The molecule has 2 aromatic heterocycles. The van der Waals surface area contributed by atoms with Crippen LogP contribution in [0, 0.1) is 11.7 Å².